The first-order valence-corrected chi connectivity index (χ1v) is 9.16. The Kier molecular flexibility index (Phi) is 4.02. The third kappa shape index (κ3) is 2.70. The molecule has 0 unspecified atom stereocenters. The summed E-state index contributed by atoms with van der Waals surface area (Å²) in [6.45, 7) is 7.90. The molecule has 0 aliphatic carbocycles. The van der Waals surface area contributed by atoms with E-state index in [0.717, 1.165) is 61.3 Å². The van der Waals surface area contributed by atoms with Gasteiger partial charge in [-0.1, -0.05) is 6.07 Å². The lowest BCUT2D eigenvalue weighted by Gasteiger charge is -2.26. The number of hydrogen-bond donors (Lipinski definition) is 0. The van der Waals surface area contributed by atoms with Gasteiger partial charge in [0.15, 0.2) is 5.13 Å². The number of aromatic nitrogens is 1. The summed E-state index contributed by atoms with van der Waals surface area (Å²) >= 11 is 1.75. The largest absolute Gasteiger partial charge is 0.378 e. The van der Waals surface area contributed by atoms with Gasteiger partial charge in [0.2, 0.25) is 5.91 Å². The molecule has 24 heavy (non-hydrogen) atoms. The Bertz CT molecular complexity index is 781. The third-order valence-corrected chi connectivity index (χ3v) is 5.73. The van der Waals surface area contributed by atoms with Gasteiger partial charge in [-0.3, -0.25) is 4.79 Å². The predicted octanol–water partition coefficient (Wildman–Crippen LogP) is 2.86. The number of ether oxygens (including phenoxy) is 1. The van der Waals surface area contributed by atoms with E-state index in [-0.39, 0.29) is 5.91 Å². The molecule has 1 fully saturated rings. The highest BCUT2D eigenvalue weighted by Crippen LogP contribution is 2.36. The molecule has 2 aromatic rings. The van der Waals surface area contributed by atoms with Gasteiger partial charge in [0.25, 0.3) is 0 Å². The Morgan fingerprint density at radius 3 is 2.79 bits per heavy atom. The standard InChI is InChI=1S/C18H21N3O2S/c1-12-17(19-18(24-12)20-7-9-23-10-8-20)15-3-4-16-14(11-15)5-6-21(16)13(2)22/h3-4,11H,5-10H2,1-2H3. The second-order valence-electron chi connectivity index (χ2n) is 6.26. The van der Waals surface area contributed by atoms with Crippen LogP contribution in [0.15, 0.2) is 18.2 Å². The van der Waals surface area contributed by atoms with E-state index in [1.54, 1.807) is 18.3 Å². The van der Waals surface area contributed by atoms with E-state index in [1.807, 2.05) is 4.90 Å². The van der Waals surface area contributed by atoms with Crippen LogP contribution in [0.4, 0.5) is 10.8 Å². The zero-order valence-electron chi connectivity index (χ0n) is 14.0. The second kappa shape index (κ2) is 6.18. The first-order chi connectivity index (χ1) is 11.6. The van der Waals surface area contributed by atoms with E-state index in [4.69, 9.17) is 9.72 Å². The lowest BCUT2D eigenvalue weighted by molar-refractivity contribution is -0.116. The van der Waals surface area contributed by atoms with Crippen molar-refractivity contribution in [2.24, 2.45) is 0 Å². The van der Waals surface area contributed by atoms with Gasteiger partial charge < -0.3 is 14.5 Å². The number of carbonyl (C=O) groups excluding carboxylic acids is 1. The van der Waals surface area contributed by atoms with E-state index < -0.39 is 0 Å². The smallest absolute Gasteiger partial charge is 0.223 e. The number of rotatable bonds is 2. The monoisotopic (exact) mass is 343 g/mol. The van der Waals surface area contributed by atoms with Gasteiger partial charge in [0, 0.05) is 42.7 Å². The van der Waals surface area contributed by atoms with Crippen molar-refractivity contribution in [3.63, 3.8) is 0 Å². The fourth-order valence-electron chi connectivity index (χ4n) is 3.42. The summed E-state index contributed by atoms with van der Waals surface area (Å²) in [4.78, 5) is 22.0. The highest BCUT2D eigenvalue weighted by molar-refractivity contribution is 7.16. The predicted molar refractivity (Wildman–Crippen MR) is 97.1 cm³/mol. The molecular formula is C18H21N3O2S. The molecule has 6 heteroatoms. The minimum absolute atomic E-state index is 0.112. The zero-order chi connectivity index (χ0) is 16.7. The van der Waals surface area contributed by atoms with Gasteiger partial charge in [-0.05, 0) is 31.0 Å². The normalized spacial score (nSPS) is 17.2. The lowest BCUT2D eigenvalue weighted by Crippen LogP contribution is -2.36. The molecule has 0 bridgehead atoms. The minimum Gasteiger partial charge on any atom is -0.378 e. The van der Waals surface area contributed by atoms with Crippen LogP contribution in [0.3, 0.4) is 0 Å². The molecule has 4 rings (SSSR count). The number of amides is 1. The highest BCUT2D eigenvalue weighted by atomic mass is 32.1. The number of thiazole rings is 1. The number of anilines is 2. The summed E-state index contributed by atoms with van der Waals surface area (Å²) in [5.41, 5.74) is 4.49. The van der Waals surface area contributed by atoms with E-state index in [2.05, 4.69) is 30.0 Å². The average molecular weight is 343 g/mol. The number of aryl methyl sites for hydroxylation is 1. The van der Waals surface area contributed by atoms with Gasteiger partial charge in [-0.25, -0.2) is 4.98 Å². The van der Waals surface area contributed by atoms with Crippen molar-refractivity contribution in [3.8, 4) is 11.3 Å². The molecule has 5 nitrogen and oxygen atoms in total. The van der Waals surface area contributed by atoms with Crippen molar-refractivity contribution < 1.29 is 9.53 Å². The van der Waals surface area contributed by atoms with Crippen LogP contribution in [-0.2, 0) is 16.0 Å². The molecule has 1 aromatic carbocycles. The number of benzene rings is 1. The molecule has 1 saturated heterocycles. The van der Waals surface area contributed by atoms with Gasteiger partial charge in [0.1, 0.15) is 0 Å². The number of morpholine rings is 1. The van der Waals surface area contributed by atoms with E-state index in [0.29, 0.717) is 0 Å². The molecule has 3 heterocycles. The summed E-state index contributed by atoms with van der Waals surface area (Å²) < 4.78 is 5.43. The van der Waals surface area contributed by atoms with Gasteiger partial charge in [-0.2, -0.15) is 0 Å². The maximum absolute atomic E-state index is 11.7. The molecule has 0 N–H and O–H groups in total. The van der Waals surface area contributed by atoms with Crippen LogP contribution >= 0.6 is 11.3 Å². The number of nitrogens with zero attached hydrogens (tertiary/aromatic N) is 3. The van der Waals surface area contributed by atoms with Crippen molar-refractivity contribution in [1.82, 2.24) is 4.98 Å². The van der Waals surface area contributed by atoms with Crippen LogP contribution in [-0.4, -0.2) is 43.7 Å². The molecular weight excluding hydrogens is 322 g/mol. The SMILES string of the molecule is CC(=O)N1CCc2cc(-c3nc(N4CCOCC4)sc3C)ccc21. The average Bonchev–Trinajstić information content (AvgIpc) is 3.18. The van der Waals surface area contributed by atoms with E-state index in [9.17, 15) is 4.79 Å². The fourth-order valence-corrected chi connectivity index (χ4v) is 4.40. The molecule has 1 aromatic heterocycles. The number of hydrogen-bond acceptors (Lipinski definition) is 5. The Morgan fingerprint density at radius 1 is 1.25 bits per heavy atom. The van der Waals surface area contributed by atoms with Gasteiger partial charge >= 0.3 is 0 Å². The molecule has 0 radical (unpaired) electrons. The zero-order valence-corrected chi connectivity index (χ0v) is 14.9. The van der Waals surface area contributed by atoms with Crippen LogP contribution in [0.5, 0.6) is 0 Å². The first kappa shape index (κ1) is 15.6. The van der Waals surface area contributed by atoms with Crippen LogP contribution < -0.4 is 9.80 Å². The van der Waals surface area contributed by atoms with Gasteiger partial charge in [0.05, 0.1) is 18.9 Å². The van der Waals surface area contributed by atoms with Gasteiger partial charge in [-0.15, -0.1) is 11.3 Å². The Morgan fingerprint density at radius 2 is 2.04 bits per heavy atom. The van der Waals surface area contributed by atoms with Crippen molar-refractivity contribution >= 4 is 28.1 Å². The molecule has 1 amide bonds. The van der Waals surface area contributed by atoms with Crippen molar-refractivity contribution in [2.45, 2.75) is 20.3 Å². The first-order valence-electron chi connectivity index (χ1n) is 8.35. The number of fused-ring (bicyclic) bond motifs is 1. The molecule has 0 spiro atoms. The van der Waals surface area contributed by atoms with Crippen molar-refractivity contribution in [3.05, 3.63) is 28.6 Å². The third-order valence-electron chi connectivity index (χ3n) is 4.70. The van der Waals surface area contributed by atoms with Crippen molar-refractivity contribution in [2.75, 3.05) is 42.6 Å². The molecule has 0 saturated carbocycles. The summed E-state index contributed by atoms with van der Waals surface area (Å²) in [5.74, 6) is 0.112. The van der Waals surface area contributed by atoms with Crippen LogP contribution in [0.2, 0.25) is 0 Å². The topological polar surface area (TPSA) is 45.7 Å². The minimum atomic E-state index is 0.112. The van der Waals surface area contributed by atoms with Crippen LogP contribution in [0.1, 0.15) is 17.4 Å². The lowest BCUT2D eigenvalue weighted by atomic mass is 10.1. The molecule has 2 aliphatic heterocycles. The molecule has 126 valence electrons. The Labute approximate surface area is 145 Å². The van der Waals surface area contributed by atoms with Crippen LogP contribution in [0, 0.1) is 6.92 Å². The maximum Gasteiger partial charge on any atom is 0.223 e. The molecule has 0 atom stereocenters. The summed E-state index contributed by atoms with van der Waals surface area (Å²) in [6, 6.07) is 6.35. The Balaban J connectivity index is 1.65. The summed E-state index contributed by atoms with van der Waals surface area (Å²) in [7, 11) is 0. The van der Waals surface area contributed by atoms with Crippen LogP contribution in [0.25, 0.3) is 11.3 Å². The number of carbonyl (C=O) groups is 1. The highest BCUT2D eigenvalue weighted by Gasteiger charge is 2.23. The second-order valence-corrected chi connectivity index (χ2v) is 7.45. The van der Waals surface area contributed by atoms with E-state index in [1.165, 1.54) is 10.4 Å². The summed E-state index contributed by atoms with van der Waals surface area (Å²) in [6.07, 6.45) is 0.919. The summed E-state index contributed by atoms with van der Waals surface area (Å²) in [5, 5.41) is 1.08. The molecule has 2 aliphatic rings. The van der Waals surface area contributed by atoms with E-state index >= 15 is 0 Å². The fraction of sp³-hybridized carbons (Fsp3) is 0.444. The quantitative estimate of drug-likeness (QED) is 0.841. The van der Waals surface area contributed by atoms with Crippen molar-refractivity contribution in [1.29, 1.82) is 0 Å². The Hall–Kier alpha value is -1.92. The maximum atomic E-state index is 11.7.